The molecule has 0 unspecified atom stereocenters. The highest BCUT2D eigenvalue weighted by atomic mass is 35.5. The lowest BCUT2D eigenvalue weighted by molar-refractivity contribution is -0.126. The predicted octanol–water partition coefficient (Wildman–Crippen LogP) is 4.26. The zero-order valence-corrected chi connectivity index (χ0v) is 16.3. The Kier molecular flexibility index (Phi) is 7.64. The minimum Gasteiger partial charge on any atom is -0.490 e. The Balaban J connectivity index is 1.90. The van der Waals surface area contributed by atoms with E-state index in [-0.39, 0.29) is 12.5 Å². The summed E-state index contributed by atoms with van der Waals surface area (Å²) >= 11 is 11.8. The molecule has 0 aliphatic carbocycles. The number of hydrogen-bond donors (Lipinski definition) is 2. The van der Waals surface area contributed by atoms with Gasteiger partial charge in [0, 0.05) is 21.3 Å². The van der Waals surface area contributed by atoms with Gasteiger partial charge in [-0.25, -0.2) is 5.43 Å². The normalized spacial score (nSPS) is 10.9. The lowest BCUT2D eigenvalue weighted by Crippen LogP contribution is -2.24. The standard InChI is InChI=1S/C19H19Cl2N3O3/c1-12(2)27-17-8-5-15(21)9-13(17)11-22-24-19(26)10-18(25)23-16-6-3-14(20)4-7-16/h3-9,11-12H,10H2,1-2H3,(H,23,25)(H,24,26). The Labute approximate surface area is 167 Å². The molecule has 0 bridgehead atoms. The molecule has 0 saturated carbocycles. The fraction of sp³-hybridized carbons (Fsp3) is 0.211. The summed E-state index contributed by atoms with van der Waals surface area (Å²) < 4.78 is 5.66. The third-order valence-electron chi connectivity index (χ3n) is 3.18. The van der Waals surface area contributed by atoms with Crippen molar-refractivity contribution >= 4 is 46.9 Å². The van der Waals surface area contributed by atoms with Crippen LogP contribution in [0.5, 0.6) is 5.75 Å². The first-order valence-corrected chi connectivity index (χ1v) is 8.92. The summed E-state index contributed by atoms with van der Waals surface area (Å²) in [7, 11) is 0. The van der Waals surface area contributed by atoms with Gasteiger partial charge in [0.15, 0.2) is 0 Å². The van der Waals surface area contributed by atoms with Crippen LogP contribution in [0.2, 0.25) is 10.0 Å². The number of nitrogens with zero attached hydrogens (tertiary/aromatic N) is 1. The van der Waals surface area contributed by atoms with Crippen LogP contribution in [0.1, 0.15) is 25.8 Å². The summed E-state index contributed by atoms with van der Waals surface area (Å²) in [6.45, 7) is 3.80. The van der Waals surface area contributed by atoms with E-state index in [0.29, 0.717) is 27.0 Å². The minimum atomic E-state index is -0.550. The second-order valence-corrected chi connectivity index (χ2v) is 6.75. The van der Waals surface area contributed by atoms with Gasteiger partial charge in [-0.05, 0) is 56.3 Å². The fourth-order valence-corrected chi connectivity index (χ4v) is 2.39. The van der Waals surface area contributed by atoms with Crippen molar-refractivity contribution in [2.75, 3.05) is 5.32 Å². The Morgan fingerprint density at radius 1 is 1.07 bits per heavy atom. The number of nitrogens with one attached hydrogen (secondary N) is 2. The quantitative estimate of drug-likeness (QED) is 0.408. The molecule has 2 amide bonds. The molecule has 0 fully saturated rings. The lowest BCUT2D eigenvalue weighted by Gasteiger charge is -2.12. The van der Waals surface area contributed by atoms with Crippen LogP contribution in [0, 0.1) is 0 Å². The van der Waals surface area contributed by atoms with Crippen LogP contribution in [-0.4, -0.2) is 24.1 Å². The Morgan fingerprint density at radius 3 is 2.41 bits per heavy atom. The van der Waals surface area contributed by atoms with Gasteiger partial charge in [0.05, 0.1) is 12.3 Å². The summed E-state index contributed by atoms with van der Waals surface area (Å²) in [5.74, 6) is -0.421. The second-order valence-electron chi connectivity index (χ2n) is 5.87. The van der Waals surface area contributed by atoms with Crippen LogP contribution in [0.3, 0.4) is 0 Å². The van der Waals surface area contributed by atoms with E-state index >= 15 is 0 Å². The van der Waals surface area contributed by atoms with E-state index in [1.54, 1.807) is 42.5 Å². The SMILES string of the molecule is CC(C)Oc1ccc(Cl)cc1C=NNC(=O)CC(=O)Nc1ccc(Cl)cc1. The van der Waals surface area contributed by atoms with Crippen molar-refractivity contribution in [1.82, 2.24) is 5.43 Å². The highest BCUT2D eigenvalue weighted by molar-refractivity contribution is 6.31. The van der Waals surface area contributed by atoms with Gasteiger partial charge in [-0.15, -0.1) is 0 Å². The first-order chi connectivity index (χ1) is 12.8. The number of carbonyl (C=O) groups is 2. The van der Waals surface area contributed by atoms with E-state index in [4.69, 9.17) is 27.9 Å². The van der Waals surface area contributed by atoms with Crippen LogP contribution in [0.25, 0.3) is 0 Å². The van der Waals surface area contributed by atoms with Gasteiger partial charge < -0.3 is 10.1 Å². The monoisotopic (exact) mass is 407 g/mol. The maximum Gasteiger partial charge on any atom is 0.249 e. The molecular formula is C19H19Cl2N3O3. The molecule has 142 valence electrons. The Hall–Kier alpha value is -2.57. The molecule has 2 rings (SSSR count). The number of rotatable bonds is 7. The molecule has 8 heteroatoms. The smallest absolute Gasteiger partial charge is 0.249 e. The van der Waals surface area contributed by atoms with Crippen LogP contribution in [0.4, 0.5) is 5.69 Å². The van der Waals surface area contributed by atoms with E-state index in [1.165, 1.54) is 6.21 Å². The number of anilines is 1. The van der Waals surface area contributed by atoms with Crippen molar-refractivity contribution in [3.05, 3.63) is 58.1 Å². The van der Waals surface area contributed by atoms with Gasteiger partial charge in [-0.1, -0.05) is 23.2 Å². The maximum absolute atomic E-state index is 11.9. The first-order valence-electron chi connectivity index (χ1n) is 8.17. The van der Waals surface area contributed by atoms with Crippen molar-refractivity contribution in [2.24, 2.45) is 5.10 Å². The molecule has 27 heavy (non-hydrogen) atoms. The third kappa shape index (κ3) is 7.29. The summed E-state index contributed by atoms with van der Waals surface area (Å²) in [6.07, 6.45) is 1.02. The Morgan fingerprint density at radius 2 is 1.74 bits per heavy atom. The van der Waals surface area contributed by atoms with E-state index in [1.807, 2.05) is 13.8 Å². The number of benzene rings is 2. The van der Waals surface area contributed by atoms with E-state index < -0.39 is 11.8 Å². The minimum absolute atomic E-state index is 0.0236. The molecule has 0 spiro atoms. The average Bonchev–Trinajstić information content (AvgIpc) is 2.59. The van der Waals surface area contributed by atoms with E-state index in [9.17, 15) is 9.59 Å². The summed E-state index contributed by atoms with van der Waals surface area (Å²) in [5, 5.41) is 7.53. The molecule has 2 N–H and O–H groups in total. The molecule has 2 aromatic carbocycles. The summed E-state index contributed by atoms with van der Waals surface area (Å²) in [5.41, 5.74) is 3.47. The molecule has 0 saturated heterocycles. The van der Waals surface area contributed by atoms with E-state index in [2.05, 4.69) is 15.8 Å². The van der Waals surface area contributed by atoms with Crippen LogP contribution >= 0.6 is 23.2 Å². The molecular weight excluding hydrogens is 389 g/mol. The van der Waals surface area contributed by atoms with Crippen LogP contribution in [-0.2, 0) is 9.59 Å². The summed E-state index contributed by atoms with van der Waals surface area (Å²) in [6, 6.07) is 11.7. The van der Waals surface area contributed by atoms with Crippen LogP contribution < -0.4 is 15.5 Å². The highest BCUT2D eigenvalue weighted by Crippen LogP contribution is 2.22. The Bertz CT molecular complexity index is 837. The van der Waals surface area contributed by atoms with Gasteiger partial charge in [-0.3, -0.25) is 9.59 Å². The molecule has 0 aliphatic rings. The average molecular weight is 408 g/mol. The van der Waals surface area contributed by atoms with Crippen molar-refractivity contribution in [3.8, 4) is 5.75 Å². The van der Waals surface area contributed by atoms with Crippen LogP contribution in [0.15, 0.2) is 47.6 Å². The molecule has 6 nitrogen and oxygen atoms in total. The number of ether oxygens (including phenoxy) is 1. The number of amides is 2. The van der Waals surface area contributed by atoms with E-state index in [0.717, 1.165) is 0 Å². The number of hydrazone groups is 1. The lowest BCUT2D eigenvalue weighted by atomic mass is 10.2. The second kappa shape index (κ2) is 9.94. The highest BCUT2D eigenvalue weighted by Gasteiger charge is 2.09. The maximum atomic E-state index is 11.9. The number of hydrogen-bond acceptors (Lipinski definition) is 4. The largest absolute Gasteiger partial charge is 0.490 e. The fourth-order valence-electron chi connectivity index (χ4n) is 2.08. The van der Waals surface area contributed by atoms with Crippen molar-refractivity contribution in [1.29, 1.82) is 0 Å². The van der Waals surface area contributed by atoms with Crippen molar-refractivity contribution < 1.29 is 14.3 Å². The van der Waals surface area contributed by atoms with Gasteiger partial charge in [0.2, 0.25) is 11.8 Å². The predicted molar refractivity (Wildman–Crippen MR) is 108 cm³/mol. The topological polar surface area (TPSA) is 79.8 Å². The molecule has 0 aromatic heterocycles. The van der Waals surface area contributed by atoms with Gasteiger partial charge >= 0.3 is 0 Å². The first kappa shape index (κ1) is 20.7. The molecule has 0 atom stereocenters. The number of halogens is 2. The molecule has 2 aromatic rings. The van der Waals surface area contributed by atoms with Crippen molar-refractivity contribution in [2.45, 2.75) is 26.4 Å². The van der Waals surface area contributed by atoms with Gasteiger partial charge in [0.25, 0.3) is 0 Å². The zero-order valence-electron chi connectivity index (χ0n) is 14.8. The summed E-state index contributed by atoms with van der Waals surface area (Å²) in [4.78, 5) is 23.7. The molecule has 0 heterocycles. The van der Waals surface area contributed by atoms with Gasteiger partial charge in [0.1, 0.15) is 12.2 Å². The van der Waals surface area contributed by atoms with Crippen molar-refractivity contribution in [3.63, 3.8) is 0 Å². The molecule has 0 radical (unpaired) electrons. The van der Waals surface area contributed by atoms with Gasteiger partial charge in [-0.2, -0.15) is 5.10 Å². The number of carbonyl (C=O) groups excluding carboxylic acids is 2. The molecule has 0 aliphatic heterocycles. The third-order valence-corrected chi connectivity index (χ3v) is 3.66. The zero-order chi connectivity index (χ0) is 19.8.